The molecule has 25 heavy (non-hydrogen) atoms. The summed E-state index contributed by atoms with van der Waals surface area (Å²) in [4.78, 5) is 4.51. The van der Waals surface area contributed by atoms with Gasteiger partial charge in [0.05, 0.1) is 17.6 Å². The molecule has 1 atom stereocenters. The highest BCUT2D eigenvalue weighted by molar-refractivity contribution is 7.89. The molecule has 1 fully saturated rings. The molecule has 5 nitrogen and oxygen atoms in total. The van der Waals surface area contributed by atoms with Crippen LogP contribution in [-0.4, -0.2) is 37.4 Å². The zero-order chi connectivity index (χ0) is 17.3. The molecule has 1 aromatic heterocycles. The summed E-state index contributed by atoms with van der Waals surface area (Å²) >= 11 is 0. The van der Waals surface area contributed by atoms with Crippen LogP contribution < -0.4 is 0 Å². The first-order valence-electron chi connectivity index (χ1n) is 8.78. The van der Waals surface area contributed by atoms with E-state index >= 15 is 0 Å². The Morgan fingerprint density at radius 2 is 1.96 bits per heavy atom. The SMILES string of the molecule is O=S(=O)(c1ccc2c(c1)CCCC2)N1CCOC(c2cccnc2)C1. The smallest absolute Gasteiger partial charge is 0.243 e. The van der Waals surface area contributed by atoms with Crippen LogP contribution in [0.5, 0.6) is 0 Å². The van der Waals surface area contributed by atoms with Gasteiger partial charge in [-0.2, -0.15) is 4.31 Å². The molecule has 0 amide bonds. The summed E-state index contributed by atoms with van der Waals surface area (Å²) in [6.07, 6.45) is 7.52. The highest BCUT2D eigenvalue weighted by Gasteiger charge is 2.32. The Balaban J connectivity index is 1.59. The van der Waals surface area contributed by atoms with E-state index in [0.29, 0.717) is 24.6 Å². The molecule has 0 radical (unpaired) electrons. The molecule has 1 aliphatic heterocycles. The second-order valence-corrected chi connectivity index (χ2v) is 8.58. The molecule has 2 heterocycles. The van der Waals surface area contributed by atoms with Gasteiger partial charge in [0, 0.05) is 31.0 Å². The number of ether oxygens (including phenoxy) is 1. The van der Waals surface area contributed by atoms with Crippen molar-refractivity contribution in [1.29, 1.82) is 0 Å². The second kappa shape index (κ2) is 6.86. The normalized spacial score (nSPS) is 21.7. The Bertz CT molecular complexity index is 852. The summed E-state index contributed by atoms with van der Waals surface area (Å²) in [6, 6.07) is 9.38. The molecule has 1 saturated heterocycles. The number of sulfonamides is 1. The molecule has 0 saturated carbocycles. The van der Waals surface area contributed by atoms with Crippen molar-refractivity contribution >= 4 is 10.0 Å². The van der Waals surface area contributed by atoms with Gasteiger partial charge >= 0.3 is 0 Å². The van der Waals surface area contributed by atoms with Gasteiger partial charge in [-0.3, -0.25) is 4.98 Å². The first-order valence-corrected chi connectivity index (χ1v) is 10.2. The molecule has 132 valence electrons. The average Bonchev–Trinajstić information content (AvgIpc) is 2.68. The summed E-state index contributed by atoms with van der Waals surface area (Å²) in [7, 11) is -3.50. The van der Waals surface area contributed by atoms with E-state index in [1.54, 1.807) is 22.8 Å². The summed E-state index contributed by atoms with van der Waals surface area (Å²) < 4.78 is 33.5. The number of hydrogen-bond acceptors (Lipinski definition) is 4. The monoisotopic (exact) mass is 358 g/mol. The van der Waals surface area contributed by atoms with E-state index in [2.05, 4.69) is 4.98 Å². The molecule has 1 aromatic carbocycles. The van der Waals surface area contributed by atoms with E-state index in [1.807, 2.05) is 24.3 Å². The first kappa shape index (κ1) is 16.7. The minimum Gasteiger partial charge on any atom is -0.371 e. The number of aryl methyl sites for hydroxylation is 2. The minimum atomic E-state index is -3.50. The van der Waals surface area contributed by atoms with Crippen LogP contribution >= 0.6 is 0 Å². The lowest BCUT2D eigenvalue weighted by Crippen LogP contribution is -2.42. The maximum Gasteiger partial charge on any atom is 0.243 e. The fourth-order valence-corrected chi connectivity index (χ4v) is 5.11. The van der Waals surface area contributed by atoms with Gasteiger partial charge in [0.2, 0.25) is 10.0 Å². The minimum absolute atomic E-state index is 0.269. The topological polar surface area (TPSA) is 59.5 Å². The lowest BCUT2D eigenvalue weighted by molar-refractivity contribution is -0.00273. The zero-order valence-electron chi connectivity index (χ0n) is 14.1. The van der Waals surface area contributed by atoms with Crippen molar-refractivity contribution in [3.63, 3.8) is 0 Å². The van der Waals surface area contributed by atoms with Gasteiger partial charge in [0.1, 0.15) is 0 Å². The maximum atomic E-state index is 13.1. The number of rotatable bonds is 3. The molecule has 4 rings (SSSR count). The standard InChI is InChI=1S/C19H22N2O3S/c22-25(23,18-8-7-15-4-1-2-5-16(15)12-18)21-10-11-24-19(14-21)17-6-3-9-20-13-17/h3,6-9,12-13,19H,1-2,4-5,10-11,14H2. The van der Waals surface area contributed by atoms with Crippen LogP contribution in [0.2, 0.25) is 0 Å². The maximum absolute atomic E-state index is 13.1. The molecule has 1 unspecified atom stereocenters. The lowest BCUT2D eigenvalue weighted by Gasteiger charge is -2.32. The van der Waals surface area contributed by atoms with Crippen molar-refractivity contribution in [2.75, 3.05) is 19.7 Å². The third-order valence-electron chi connectivity index (χ3n) is 5.04. The molecule has 2 aromatic rings. The average molecular weight is 358 g/mol. The van der Waals surface area contributed by atoms with Crippen molar-refractivity contribution in [3.05, 3.63) is 59.4 Å². The summed E-state index contributed by atoms with van der Waals surface area (Å²) in [5, 5.41) is 0. The third-order valence-corrected chi connectivity index (χ3v) is 6.90. The van der Waals surface area contributed by atoms with Gasteiger partial charge in [-0.15, -0.1) is 0 Å². The molecule has 0 spiro atoms. The summed E-state index contributed by atoms with van der Waals surface area (Å²) in [5.41, 5.74) is 3.39. The van der Waals surface area contributed by atoms with Gasteiger partial charge in [0.25, 0.3) is 0 Å². The number of benzene rings is 1. The Hall–Kier alpha value is -1.76. The quantitative estimate of drug-likeness (QED) is 0.846. The van der Waals surface area contributed by atoms with Crippen LogP contribution in [0.3, 0.4) is 0 Å². The fourth-order valence-electron chi connectivity index (χ4n) is 3.63. The van der Waals surface area contributed by atoms with Crippen LogP contribution in [0.4, 0.5) is 0 Å². The van der Waals surface area contributed by atoms with E-state index in [1.165, 1.54) is 17.5 Å². The van der Waals surface area contributed by atoms with E-state index in [9.17, 15) is 8.42 Å². The van der Waals surface area contributed by atoms with Crippen molar-refractivity contribution < 1.29 is 13.2 Å². The highest BCUT2D eigenvalue weighted by atomic mass is 32.2. The van der Waals surface area contributed by atoms with Crippen molar-refractivity contribution in [2.24, 2.45) is 0 Å². The predicted molar refractivity (Wildman–Crippen MR) is 94.8 cm³/mol. The van der Waals surface area contributed by atoms with Crippen molar-refractivity contribution in [1.82, 2.24) is 9.29 Å². The van der Waals surface area contributed by atoms with Gasteiger partial charge in [0.15, 0.2) is 0 Å². The van der Waals surface area contributed by atoms with E-state index in [0.717, 1.165) is 24.8 Å². The molecule has 2 aliphatic rings. The number of aromatic nitrogens is 1. The van der Waals surface area contributed by atoms with Crippen molar-refractivity contribution in [3.8, 4) is 0 Å². The number of hydrogen-bond donors (Lipinski definition) is 0. The highest BCUT2D eigenvalue weighted by Crippen LogP contribution is 2.29. The molecular weight excluding hydrogens is 336 g/mol. The molecule has 0 N–H and O–H groups in total. The van der Waals surface area contributed by atoms with Gasteiger partial charge in [-0.1, -0.05) is 12.1 Å². The Morgan fingerprint density at radius 3 is 2.76 bits per heavy atom. The van der Waals surface area contributed by atoms with Crippen LogP contribution in [-0.2, 0) is 27.6 Å². The molecule has 6 heteroatoms. The number of nitrogens with zero attached hydrogens (tertiary/aromatic N) is 2. The Kier molecular flexibility index (Phi) is 4.58. The summed E-state index contributed by atoms with van der Waals surface area (Å²) in [5.74, 6) is 0. The van der Waals surface area contributed by atoms with E-state index < -0.39 is 10.0 Å². The number of morpholine rings is 1. The second-order valence-electron chi connectivity index (χ2n) is 6.65. The van der Waals surface area contributed by atoms with Gasteiger partial charge < -0.3 is 4.74 Å². The van der Waals surface area contributed by atoms with Gasteiger partial charge in [-0.05, 0) is 55.0 Å². The fraction of sp³-hybridized carbons (Fsp3) is 0.421. The third kappa shape index (κ3) is 3.34. The lowest BCUT2D eigenvalue weighted by atomic mass is 9.92. The van der Waals surface area contributed by atoms with Gasteiger partial charge in [-0.25, -0.2) is 8.42 Å². The van der Waals surface area contributed by atoms with E-state index in [-0.39, 0.29) is 6.10 Å². The Morgan fingerprint density at radius 1 is 1.12 bits per heavy atom. The molecular formula is C19H22N2O3S. The molecule has 1 aliphatic carbocycles. The van der Waals surface area contributed by atoms with E-state index in [4.69, 9.17) is 4.74 Å². The molecule has 0 bridgehead atoms. The summed E-state index contributed by atoms with van der Waals surface area (Å²) in [6.45, 7) is 1.10. The first-order chi connectivity index (χ1) is 12.1. The van der Waals surface area contributed by atoms with Crippen molar-refractivity contribution in [2.45, 2.75) is 36.7 Å². The number of fused-ring (bicyclic) bond motifs is 1. The van der Waals surface area contributed by atoms with Crippen LogP contribution in [0.1, 0.15) is 35.6 Å². The van der Waals surface area contributed by atoms with Crippen LogP contribution in [0, 0.1) is 0 Å². The van der Waals surface area contributed by atoms with Crippen LogP contribution in [0.15, 0.2) is 47.6 Å². The van der Waals surface area contributed by atoms with Crippen LogP contribution in [0.25, 0.3) is 0 Å². The largest absolute Gasteiger partial charge is 0.371 e. The zero-order valence-corrected chi connectivity index (χ0v) is 14.9. The number of pyridine rings is 1. The predicted octanol–water partition coefficient (Wildman–Crippen LogP) is 2.72. The Labute approximate surface area is 148 Å².